The fourth-order valence-corrected chi connectivity index (χ4v) is 5.19. The zero-order valence-electron chi connectivity index (χ0n) is 21.1. The van der Waals surface area contributed by atoms with Crippen molar-refractivity contribution in [2.45, 2.75) is 18.0 Å². The monoisotopic (exact) mass is 570 g/mol. The number of esters is 1. The number of rotatable bonds is 11. The number of aromatic nitrogens is 1. The Labute approximate surface area is 230 Å². The molecule has 2 aliphatic rings. The largest absolute Gasteiger partial charge is 0.498 e. The molecule has 2 aliphatic heterocycles. The summed E-state index contributed by atoms with van der Waals surface area (Å²) < 4.78 is 10.7. The number of β-lactam (4-membered cyclic amide) rings is 1. The van der Waals surface area contributed by atoms with Gasteiger partial charge in [0.25, 0.3) is 17.5 Å². The summed E-state index contributed by atoms with van der Waals surface area (Å²) in [5.41, 5.74) is 0.156. The standard InChI is InChI=1S/C24H22N6O9S/c1-37-16-11-40-23-19(27-21(32)18(28-38-2)15-4-3-5-17(26-15)25-12-31)22(33)29(23)20(16)24(34)39-10-13-6-8-14(9-7-13)30(35)36/h3-9,12,19,23H,10-11H2,1-2H3,(H,27,32)(H,25,26,31)/t19?,23-/m1/s1. The van der Waals surface area contributed by atoms with Gasteiger partial charge in [0.15, 0.2) is 11.4 Å². The van der Waals surface area contributed by atoms with Crippen LogP contribution in [0, 0.1) is 10.1 Å². The molecule has 2 N–H and O–H groups in total. The van der Waals surface area contributed by atoms with E-state index in [-0.39, 0.29) is 46.7 Å². The normalized spacial score (nSPS) is 18.2. The van der Waals surface area contributed by atoms with Crippen molar-refractivity contribution >= 4 is 53.2 Å². The van der Waals surface area contributed by atoms with E-state index in [9.17, 15) is 29.3 Å². The molecule has 0 saturated carbocycles. The lowest BCUT2D eigenvalue weighted by Gasteiger charge is -2.49. The van der Waals surface area contributed by atoms with Gasteiger partial charge in [0, 0.05) is 12.1 Å². The summed E-state index contributed by atoms with van der Waals surface area (Å²) in [6.45, 7) is -0.195. The van der Waals surface area contributed by atoms with E-state index in [1.165, 1.54) is 67.3 Å². The Bertz CT molecular complexity index is 1410. The molecule has 0 spiro atoms. The molecule has 1 unspecified atom stereocenters. The molecule has 0 bridgehead atoms. The van der Waals surface area contributed by atoms with Crippen molar-refractivity contribution in [3.8, 4) is 0 Å². The van der Waals surface area contributed by atoms with Crippen molar-refractivity contribution < 1.29 is 38.4 Å². The van der Waals surface area contributed by atoms with Gasteiger partial charge in [-0.1, -0.05) is 11.2 Å². The SMILES string of the molecule is CON=C(C(=O)NC1C(=O)N2C(C(=O)OCc3ccc([N+](=O)[O-])cc3)=C(OC)CS[C@H]12)c1cccc(NC=O)n1. The molecule has 0 radical (unpaired) electrons. The van der Waals surface area contributed by atoms with Gasteiger partial charge in [0.2, 0.25) is 6.41 Å². The third-order valence-corrected chi connectivity index (χ3v) is 7.03. The summed E-state index contributed by atoms with van der Waals surface area (Å²) in [7, 11) is 2.59. The highest BCUT2D eigenvalue weighted by atomic mass is 32.2. The Morgan fingerprint density at radius 3 is 2.65 bits per heavy atom. The number of non-ortho nitro benzene ring substituents is 1. The van der Waals surface area contributed by atoms with Crippen LogP contribution >= 0.6 is 11.8 Å². The molecule has 208 valence electrons. The molecule has 0 aliphatic carbocycles. The summed E-state index contributed by atoms with van der Waals surface area (Å²) >= 11 is 1.27. The summed E-state index contributed by atoms with van der Waals surface area (Å²) in [5, 5.41) is 18.9. The molecule has 15 nitrogen and oxygen atoms in total. The molecular formula is C24H22N6O9S. The molecule has 4 rings (SSSR count). The van der Waals surface area contributed by atoms with E-state index in [0.717, 1.165) is 0 Å². The highest BCUT2D eigenvalue weighted by Crippen LogP contribution is 2.41. The third kappa shape index (κ3) is 5.70. The third-order valence-electron chi connectivity index (χ3n) is 5.77. The van der Waals surface area contributed by atoms with Gasteiger partial charge >= 0.3 is 5.97 Å². The zero-order chi connectivity index (χ0) is 28.8. The van der Waals surface area contributed by atoms with Gasteiger partial charge in [-0.15, -0.1) is 11.8 Å². The number of amides is 3. The van der Waals surface area contributed by atoms with Crippen molar-refractivity contribution in [2.75, 3.05) is 25.3 Å². The molecule has 1 aromatic carbocycles. The first-order valence-electron chi connectivity index (χ1n) is 11.5. The average molecular weight is 571 g/mol. The lowest BCUT2D eigenvalue weighted by Crippen LogP contribution is -2.71. The van der Waals surface area contributed by atoms with E-state index in [2.05, 4.69) is 20.8 Å². The van der Waals surface area contributed by atoms with Crippen LogP contribution in [0.2, 0.25) is 0 Å². The Kier molecular flexibility index (Phi) is 8.58. The second-order valence-electron chi connectivity index (χ2n) is 8.13. The van der Waals surface area contributed by atoms with Gasteiger partial charge in [-0.05, 0) is 29.8 Å². The molecule has 1 saturated heterocycles. The first kappa shape index (κ1) is 28.0. The number of benzene rings is 1. The van der Waals surface area contributed by atoms with Crippen LogP contribution < -0.4 is 10.6 Å². The number of hydrogen-bond acceptors (Lipinski definition) is 12. The smallest absolute Gasteiger partial charge is 0.358 e. The van der Waals surface area contributed by atoms with Crippen molar-refractivity contribution in [3.05, 3.63) is 75.3 Å². The average Bonchev–Trinajstić information content (AvgIpc) is 2.96. The Hall–Kier alpha value is -4.99. The van der Waals surface area contributed by atoms with Crippen LogP contribution in [0.25, 0.3) is 0 Å². The molecular weight excluding hydrogens is 548 g/mol. The first-order chi connectivity index (χ1) is 19.3. The van der Waals surface area contributed by atoms with Crippen molar-refractivity contribution in [2.24, 2.45) is 5.16 Å². The Morgan fingerprint density at radius 2 is 2.00 bits per heavy atom. The summed E-state index contributed by atoms with van der Waals surface area (Å²) in [4.78, 5) is 70.4. The lowest BCUT2D eigenvalue weighted by atomic mass is 10.0. The summed E-state index contributed by atoms with van der Waals surface area (Å²) in [6.07, 6.45) is 0.428. The fraction of sp³-hybridized carbons (Fsp3) is 0.250. The van der Waals surface area contributed by atoms with E-state index >= 15 is 0 Å². The van der Waals surface area contributed by atoms with Gasteiger partial charge in [0.1, 0.15) is 42.4 Å². The maximum atomic E-state index is 13.1. The molecule has 3 heterocycles. The van der Waals surface area contributed by atoms with Gasteiger partial charge < -0.3 is 24.9 Å². The molecule has 3 amide bonds. The number of nitro groups is 1. The van der Waals surface area contributed by atoms with Crippen LogP contribution in [-0.2, 0) is 40.1 Å². The second kappa shape index (κ2) is 12.2. The number of methoxy groups -OCH3 is 1. The quantitative estimate of drug-likeness (QED) is 0.0974. The number of hydrogen-bond donors (Lipinski definition) is 2. The summed E-state index contributed by atoms with van der Waals surface area (Å²) in [5.74, 6) is -1.56. The van der Waals surface area contributed by atoms with Crippen LogP contribution in [0.15, 0.2) is 59.1 Å². The predicted octanol–water partition coefficient (Wildman–Crippen LogP) is 0.910. The van der Waals surface area contributed by atoms with Crippen LogP contribution in [0.5, 0.6) is 0 Å². The number of thioether (sulfide) groups is 1. The summed E-state index contributed by atoms with van der Waals surface area (Å²) in [6, 6.07) is 9.00. The maximum Gasteiger partial charge on any atom is 0.358 e. The number of nitrogens with one attached hydrogen (secondary N) is 2. The van der Waals surface area contributed by atoms with Crippen LogP contribution in [0.1, 0.15) is 11.3 Å². The molecule has 16 heteroatoms. The molecule has 1 aromatic heterocycles. The van der Waals surface area contributed by atoms with Gasteiger partial charge in [0.05, 0.1) is 17.8 Å². The fourth-order valence-electron chi connectivity index (χ4n) is 3.88. The zero-order valence-corrected chi connectivity index (χ0v) is 21.9. The number of fused-ring (bicyclic) bond motifs is 1. The number of anilines is 1. The van der Waals surface area contributed by atoms with Crippen molar-refractivity contribution in [1.29, 1.82) is 0 Å². The molecule has 2 atom stereocenters. The number of carbonyl (C=O) groups excluding carboxylic acids is 4. The van der Waals surface area contributed by atoms with Crippen LogP contribution in [0.3, 0.4) is 0 Å². The van der Waals surface area contributed by atoms with Gasteiger partial charge in [-0.25, -0.2) is 9.78 Å². The minimum atomic E-state index is -1.01. The van der Waals surface area contributed by atoms with Crippen molar-refractivity contribution in [1.82, 2.24) is 15.2 Å². The Morgan fingerprint density at radius 1 is 1.25 bits per heavy atom. The van der Waals surface area contributed by atoms with E-state index in [1.807, 2.05) is 0 Å². The Balaban J connectivity index is 1.46. The highest BCUT2D eigenvalue weighted by molar-refractivity contribution is 8.00. The number of pyridine rings is 1. The number of oxime groups is 1. The predicted molar refractivity (Wildman–Crippen MR) is 139 cm³/mol. The number of ether oxygens (including phenoxy) is 2. The highest BCUT2D eigenvalue weighted by Gasteiger charge is 2.55. The number of nitro benzene ring substituents is 1. The van der Waals surface area contributed by atoms with Crippen LogP contribution in [0.4, 0.5) is 11.5 Å². The number of carbonyl (C=O) groups is 4. The molecule has 1 fully saturated rings. The van der Waals surface area contributed by atoms with E-state index in [4.69, 9.17) is 14.3 Å². The minimum Gasteiger partial charge on any atom is -0.498 e. The number of nitrogens with zero attached hydrogens (tertiary/aromatic N) is 4. The van der Waals surface area contributed by atoms with Crippen molar-refractivity contribution in [3.63, 3.8) is 0 Å². The molecule has 2 aromatic rings. The van der Waals surface area contributed by atoms with E-state index < -0.39 is 34.1 Å². The van der Waals surface area contributed by atoms with Gasteiger partial charge in [-0.2, -0.15) is 0 Å². The lowest BCUT2D eigenvalue weighted by molar-refractivity contribution is -0.384. The van der Waals surface area contributed by atoms with Gasteiger partial charge in [-0.3, -0.25) is 29.4 Å². The van der Waals surface area contributed by atoms with Crippen LogP contribution in [-0.4, -0.2) is 76.1 Å². The maximum absolute atomic E-state index is 13.1. The van der Waals surface area contributed by atoms with E-state index in [0.29, 0.717) is 12.0 Å². The second-order valence-corrected chi connectivity index (χ2v) is 9.23. The topological polar surface area (TPSA) is 192 Å². The first-order valence-corrected chi connectivity index (χ1v) is 12.6. The molecule has 40 heavy (non-hydrogen) atoms. The minimum absolute atomic E-state index is 0.0863. The van der Waals surface area contributed by atoms with E-state index in [1.54, 1.807) is 6.07 Å².